The number of ether oxygens (including phenoxy) is 1. The fraction of sp³-hybridized carbons (Fsp3) is 0.320. The molecule has 37 heavy (non-hydrogen) atoms. The van der Waals surface area contributed by atoms with Gasteiger partial charge in [0.2, 0.25) is 11.9 Å². The predicted octanol–water partition coefficient (Wildman–Crippen LogP) is 1.65. The second-order valence-electron chi connectivity index (χ2n) is 8.69. The van der Waals surface area contributed by atoms with Crippen LogP contribution in [0.15, 0.2) is 48.5 Å². The minimum Gasteiger partial charge on any atom is -0.378 e. The third kappa shape index (κ3) is 6.11. The molecule has 0 radical (unpaired) electrons. The summed E-state index contributed by atoms with van der Waals surface area (Å²) in [6.07, 6.45) is 0. The Morgan fingerprint density at radius 1 is 0.838 bits per heavy atom. The summed E-state index contributed by atoms with van der Waals surface area (Å²) in [5.41, 5.74) is 8.46. The number of nitrogen functional groups attached to an aromatic ring is 1. The molecule has 2 aliphatic rings. The minimum absolute atomic E-state index is 0.00501. The molecule has 0 aliphatic carbocycles. The zero-order valence-corrected chi connectivity index (χ0v) is 20.3. The maximum absolute atomic E-state index is 12.6. The van der Waals surface area contributed by atoms with Gasteiger partial charge in [-0.3, -0.25) is 4.79 Å². The van der Waals surface area contributed by atoms with Crippen molar-refractivity contribution in [1.82, 2.24) is 25.2 Å². The Kier molecular flexibility index (Phi) is 7.38. The summed E-state index contributed by atoms with van der Waals surface area (Å²) < 4.78 is 5.39. The van der Waals surface area contributed by atoms with E-state index >= 15 is 0 Å². The normalized spacial score (nSPS) is 15.8. The van der Waals surface area contributed by atoms with E-state index in [1.807, 2.05) is 21.9 Å². The van der Waals surface area contributed by atoms with Crippen molar-refractivity contribution in [3.63, 3.8) is 0 Å². The number of rotatable bonds is 5. The van der Waals surface area contributed by atoms with Crippen LogP contribution >= 0.6 is 0 Å². The molecule has 12 heteroatoms. The van der Waals surface area contributed by atoms with Gasteiger partial charge < -0.3 is 36.2 Å². The summed E-state index contributed by atoms with van der Waals surface area (Å²) in [5.74, 6) is 1.12. The lowest BCUT2D eigenvalue weighted by atomic mass is 10.1. The Labute approximate surface area is 214 Å². The Balaban J connectivity index is 1.19. The van der Waals surface area contributed by atoms with E-state index in [9.17, 15) is 9.59 Å². The summed E-state index contributed by atoms with van der Waals surface area (Å²) >= 11 is 0. The van der Waals surface area contributed by atoms with E-state index in [0.717, 1.165) is 18.7 Å². The molecule has 0 unspecified atom stereocenters. The maximum Gasteiger partial charge on any atom is 0.323 e. The summed E-state index contributed by atoms with van der Waals surface area (Å²) in [6, 6.07) is 13.6. The van der Waals surface area contributed by atoms with Crippen LogP contribution in [0.2, 0.25) is 0 Å². The van der Waals surface area contributed by atoms with Gasteiger partial charge in [0.25, 0.3) is 5.91 Å². The molecule has 192 valence electrons. The summed E-state index contributed by atoms with van der Waals surface area (Å²) in [5, 5.41) is 8.82. The van der Waals surface area contributed by atoms with Crippen molar-refractivity contribution in [1.29, 1.82) is 0 Å². The van der Waals surface area contributed by atoms with Crippen LogP contribution in [0.4, 0.5) is 28.1 Å². The second kappa shape index (κ2) is 11.2. The van der Waals surface area contributed by atoms with Gasteiger partial charge in [-0.15, -0.1) is 0 Å². The molecule has 0 atom stereocenters. The van der Waals surface area contributed by atoms with Gasteiger partial charge in [-0.05, 0) is 48.5 Å². The largest absolute Gasteiger partial charge is 0.378 e. The number of anilines is 4. The van der Waals surface area contributed by atoms with E-state index in [2.05, 4.69) is 30.9 Å². The van der Waals surface area contributed by atoms with Gasteiger partial charge in [-0.25, -0.2) is 4.79 Å². The minimum atomic E-state index is -0.395. The molecule has 0 saturated carbocycles. The molecule has 5 N–H and O–H groups in total. The molecule has 12 nitrogen and oxygen atoms in total. The topological polar surface area (TPSA) is 151 Å². The quantitative estimate of drug-likeness (QED) is 0.407. The number of carbonyl (C=O) groups excluding carboxylic acids is 2. The lowest BCUT2D eigenvalue weighted by molar-refractivity contribution is 0.0736. The number of benzene rings is 2. The van der Waals surface area contributed by atoms with Crippen molar-refractivity contribution >= 4 is 35.2 Å². The first-order valence-electron chi connectivity index (χ1n) is 12.2. The highest BCUT2D eigenvalue weighted by molar-refractivity contribution is 6.00. The third-order valence-electron chi connectivity index (χ3n) is 6.13. The summed E-state index contributed by atoms with van der Waals surface area (Å²) in [6.45, 7) is 5.58. The fourth-order valence-electron chi connectivity index (χ4n) is 4.16. The Morgan fingerprint density at radius 2 is 1.46 bits per heavy atom. The molecule has 5 rings (SSSR count). The molecule has 0 spiro atoms. The Bertz CT molecular complexity index is 1240. The molecule has 2 aromatic carbocycles. The predicted molar refractivity (Wildman–Crippen MR) is 141 cm³/mol. The SMILES string of the molecule is Nc1nc(-c2ccc(NC(=O)Nc3ccc(C(=O)N4CCNCC4)cc3)cc2)nc(N2CCOCC2)n1. The first-order valence-corrected chi connectivity index (χ1v) is 12.2. The lowest BCUT2D eigenvalue weighted by Crippen LogP contribution is -2.46. The van der Waals surface area contributed by atoms with E-state index in [1.165, 1.54) is 0 Å². The molecule has 0 bridgehead atoms. The van der Waals surface area contributed by atoms with Crippen LogP contribution in [-0.2, 0) is 4.74 Å². The van der Waals surface area contributed by atoms with E-state index in [-0.39, 0.29) is 11.9 Å². The number of amides is 3. The number of piperazine rings is 1. The van der Waals surface area contributed by atoms with Gasteiger partial charge in [0.15, 0.2) is 5.82 Å². The van der Waals surface area contributed by atoms with Crippen LogP contribution in [0, 0.1) is 0 Å². The number of hydrogen-bond acceptors (Lipinski definition) is 9. The first kappa shape index (κ1) is 24.4. The first-order chi connectivity index (χ1) is 18.0. The number of aromatic nitrogens is 3. The average molecular weight is 504 g/mol. The average Bonchev–Trinajstić information content (AvgIpc) is 2.94. The monoisotopic (exact) mass is 503 g/mol. The van der Waals surface area contributed by atoms with Crippen molar-refractivity contribution in [3.05, 3.63) is 54.1 Å². The molecule has 2 fully saturated rings. The summed E-state index contributed by atoms with van der Waals surface area (Å²) in [4.78, 5) is 42.0. The molecule has 3 aromatic rings. The summed E-state index contributed by atoms with van der Waals surface area (Å²) in [7, 11) is 0. The number of morpholine rings is 1. The molecule has 2 saturated heterocycles. The van der Waals surface area contributed by atoms with E-state index in [1.54, 1.807) is 36.4 Å². The van der Waals surface area contributed by atoms with Crippen LogP contribution < -0.4 is 26.6 Å². The third-order valence-corrected chi connectivity index (χ3v) is 6.13. The zero-order chi connectivity index (χ0) is 25.6. The molecule has 1 aromatic heterocycles. The van der Waals surface area contributed by atoms with Crippen molar-refractivity contribution < 1.29 is 14.3 Å². The highest BCUT2D eigenvalue weighted by atomic mass is 16.5. The number of nitrogens with one attached hydrogen (secondary N) is 3. The van der Waals surface area contributed by atoms with E-state index < -0.39 is 6.03 Å². The van der Waals surface area contributed by atoms with Crippen LogP contribution in [0.1, 0.15) is 10.4 Å². The van der Waals surface area contributed by atoms with E-state index in [4.69, 9.17) is 10.5 Å². The number of carbonyl (C=O) groups is 2. The van der Waals surface area contributed by atoms with Crippen LogP contribution in [-0.4, -0.2) is 84.3 Å². The number of hydrogen-bond donors (Lipinski definition) is 4. The molecule has 2 aliphatic heterocycles. The smallest absolute Gasteiger partial charge is 0.323 e. The second-order valence-corrected chi connectivity index (χ2v) is 8.69. The van der Waals surface area contributed by atoms with Crippen LogP contribution in [0.5, 0.6) is 0 Å². The Morgan fingerprint density at radius 3 is 2.11 bits per heavy atom. The van der Waals surface area contributed by atoms with Gasteiger partial charge >= 0.3 is 6.03 Å². The van der Waals surface area contributed by atoms with E-state index in [0.29, 0.717) is 68.1 Å². The van der Waals surface area contributed by atoms with Gasteiger partial charge in [-0.1, -0.05) is 0 Å². The van der Waals surface area contributed by atoms with Gasteiger partial charge in [0, 0.05) is 61.8 Å². The molecule has 3 heterocycles. The standard InChI is InChI=1S/C25H29N9O3/c26-23-30-21(31-24(32-23)34-13-15-37-16-14-34)17-1-5-19(6-2-17)28-25(36)29-20-7-3-18(4-8-20)22(35)33-11-9-27-10-12-33/h1-8,27H,9-16H2,(H2,28,29,36)(H2,26,30,31,32). The van der Waals surface area contributed by atoms with Crippen molar-refractivity contribution in [2.45, 2.75) is 0 Å². The zero-order valence-electron chi connectivity index (χ0n) is 20.3. The molecular formula is C25H29N9O3. The molecule has 3 amide bonds. The van der Waals surface area contributed by atoms with Gasteiger partial charge in [0.05, 0.1) is 13.2 Å². The Hall–Kier alpha value is -4.29. The van der Waals surface area contributed by atoms with Crippen LogP contribution in [0.25, 0.3) is 11.4 Å². The number of nitrogens with two attached hydrogens (primary N) is 1. The van der Waals surface area contributed by atoms with Crippen molar-refractivity contribution in [3.8, 4) is 11.4 Å². The highest BCUT2D eigenvalue weighted by Gasteiger charge is 2.18. The van der Waals surface area contributed by atoms with Crippen molar-refractivity contribution in [2.75, 3.05) is 73.7 Å². The fourth-order valence-corrected chi connectivity index (χ4v) is 4.16. The molecular weight excluding hydrogens is 474 g/mol. The highest BCUT2D eigenvalue weighted by Crippen LogP contribution is 2.22. The maximum atomic E-state index is 12.6. The van der Waals surface area contributed by atoms with Gasteiger partial charge in [-0.2, -0.15) is 15.0 Å². The number of urea groups is 1. The van der Waals surface area contributed by atoms with Crippen LogP contribution in [0.3, 0.4) is 0 Å². The van der Waals surface area contributed by atoms with Gasteiger partial charge in [0.1, 0.15) is 0 Å². The van der Waals surface area contributed by atoms with Crippen molar-refractivity contribution in [2.24, 2.45) is 0 Å². The lowest BCUT2D eigenvalue weighted by Gasteiger charge is -2.27. The number of nitrogens with zero attached hydrogens (tertiary/aromatic N) is 5.